The zero-order valence-electron chi connectivity index (χ0n) is 62.9. The minimum Gasteiger partial charge on any atom is -0.457 e. The van der Waals surface area contributed by atoms with Crippen molar-refractivity contribution in [1.82, 2.24) is 14.7 Å². The molecule has 2 heterocycles. The number of ether oxygens (including phenoxy) is 6. The fourth-order valence-corrected chi connectivity index (χ4v) is 15.5. The second-order valence-electron chi connectivity index (χ2n) is 22.4. The number of hydrogen-bond donors (Lipinski definition) is 2. The first kappa shape index (κ1) is 103. The second kappa shape index (κ2) is 60.7. The SMILES string of the molecule is BrCc1cc(Br)cc2ccsc12.CCOC(CBr)OCC.CCOC(CSc1ccc(Br)cc1C)OCC.CN(C)C(=S)Cl.Cc1cc(Br)cc2ccsc12.Cc1cc(Br)ccc1O.Cc1cc(Br)ccc1OC(=S)N(C)C.Cc1cc(Br)ccc1SC(=O)N(C)C.[B]=NS.c1ccc(Oc2ccccc2)cc1. The molecule has 2 aromatic heterocycles. The molecule has 0 aliphatic carbocycles. The van der Waals surface area contributed by atoms with E-state index in [0.29, 0.717) is 41.8 Å². The van der Waals surface area contributed by atoms with Crippen molar-refractivity contribution in [1.29, 1.82) is 0 Å². The van der Waals surface area contributed by atoms with Crippen molar-refractivity contribution in [3.05, 3.63) is 241 Å². The van der Waals surface area contributed by atoms with Crippen molar-refractivity contribution < 1.29 is 38.3 Å². The van der Waals surface area contributed by atoms with Crippen molar-refractivity contribution in [2.45, 2.75) is 90.0 Å². The summed E-state index contributed by atoms with van der Waals surface area (Å²) in [6.07, 6.45) is -0.182. The van der Waals surface area contributed by atoms with Crippen LogP contribution in [-0.2, 0) is 24.3 Å². The number of para-hydroxylation sites is 2. The van der Waals surface area contributed by atoms with Crippen LogP contribution in [0.3, 0.4) is 0 Å². The summed E-state index contributed by atoms with van der Waals surface area (Å²) in [5.74, 6) is 3.71. The summed E-state index contributed by atoms with van der Waals surface area (Å²) in [6, 6.07) is 55.8. The number of hydrogen-bond acceptors (Lipinski definition) is 16. The number of nitrogens with zero attached hydrogens (tertiary/aromatic N) is 4. The molecule has 1 radical (unpaired) electrons. The zero-order chi connectivity index (χ0) is 81.3. The molecule has 10 rings (SSSR count). The molecule has 585 valence electrons. The summed E-state index contributed by atoms with van der Waals surface area (Å²) in [4.78, 5) is 18.7. The fraction of sp³-hybridized carbons (Fsp3) is 0.304. The first-order chi connectivity index (χ1) is 51.3. The van der Waals surface area contributed by atoms with E-state index in [4.69, 9.17) is 57.3 Å². The Hall–Kier alpha value is -2.79. The molecule has 0 spiro atoms. The molecule has 8 aromatic carbocycles. The van der Waals surface area contributed by atoms with E-state index in [1.54, 1.807) is 83.4 Å². The number of phenolic OH excluding ortho intramolecular Hbond substituents is 1. The number of rotatable bonds is 17. The van der Waals surface area contributed by atoms with E-state index >= 15 is 0 Å². The molecule has 0 unspecified atom stereocenters. The third kappa shape index (κ3) is 45.3. The Morgan fingerprint density at radius 3 is 1.35 bits per heavy atom. The molecule has 0 bridgehead atoms. The minimum absolute atomic E-state index is 0.0513. The summed E-state index contributed by atoms with van der Waals surface area (Å²) < 4.78 is 44.8. The van der Waals surface area contributed by atoms with Crippen molar-refractivity contribution in [2.24, 2.45) is 4.30 Å². The van der Waals surface area contributed by atoms with Gasteiger partial charge in [0.25, 0.3) is 10.4 Å². The molecule has 10 aromatic rings. The largest absolute Gasteiger partial charge is 0.457 e. The Morgan fingerprint density at radius 1 is 0.537 bits per heavy atom. The number of thiol groups is 1. The van der Waals surface area contributed by atoms with Crippen LogP contribution >= 0.6 is 222 Å². The van der Waals surface area contributed by atoms with E-state index < -0.39 is 0 Å². The van der Waals surface area contributed by atoms with Gasteiger partial charge in [0.1, 0.15) is 23.0 Å². The van der Waals surface area contributed by atoms with Gasteiger partial charge in [-0.1, -0.05) is 175 Å². The predicted molar refractivity (Wildman–Crippen MR) is 506 cm³/mol. The summed E-state index contributed by atoms with van der Waals surface area (Å²) in [5, 5.41) is 18.1. The number of thiophene rings is 2. The molecule has 12 nitrogen and oxygen atoms in total. The first-order valence-corrected chi connectivity index (χ1v) is 45.2. The van der Waals surface area contributed by atoms with Gasteiger partial charge in [0, 0.05) is 126 Å². The zero-order valence-corrected chi connectivity index (χ0v) is 82.1. The number of carbonyl (C=O) groups is 1. The van der Waals surface area contributed by atoms with E-state index in [1.807, 2.05) is 172 Å². The molecule has 29 heteroatoms. The quantitative estimate of drug-likeness (QED) is 0.0132. The Kier molecular flexibility index (Phi) is 58.0. The summed E-state index contributed by atoms with van der Waals surface area (Å²) >= 11 is 51.9. The molecule has 0 fully saturated rings. The number of alkyl halides is 2. The van der Waals surface area contributed by atoms with Crippen LogP contribution in [0.1, 0.15) is 61.1 Å². The number of carbonyl (C=O) groups excluding carboxylic acids is 1. The van der Waals surface area contributed by atoms with Crippen LogP contribution in [0.15, 0.2) is 222 Å². The van der Waals surface area contributed by atoms with Gasteiger partial charge in [0.05, 0.1) is 5.33 Å². The molecule has 108 heavy (non-hydrogen) atoms. The Morgan fingerprint density at radius 2 is 0.944 bits per heavy atom. The van der Waals surface area contributed by atoms with Gasteiger partial charge in [-0.15, -0.1) is 34.4 Å². The molecular weight excluding hydrogens is 2040 g/mol. The molecule has 0 saturated heterocycles. The first-order valence-electron chi connectivity index (χ1n) is 33.0. The van der Waals surface area contributed by atoms with E-state index in [1.165, 1.54) is 58.0 Å². The third-order valence-corrected chi connectivity index (χ3v) is 22.8. The Labute approximate surface area is 747 Å². The van der Waals surface area contributed by atoms with E-state index in [0.717, 1.165) is 77.6 Å². The van der Waals surface area contributed by atoms with Crippen molar-refractivity contribution >= 4 is 265 Å². The number of phenols is 1. The van der Waals surface area contributed by atoms with Gasteiger partial charge in [0.2, 0.25) is 0 Å². The van der Waals surface area contributed by atoms with Crippen molar-refractivity contribution in [2.75, 3.05) is 79.8 Å². The molecule has 1 amide bonds. The summed E-state index contributed by atoms with van der Waals surface area (Å²) in [7, 11) is 15.2. The van der Waals surface area contributed by atoms with Crippen LogP contribution < -0.4 is 9.47 Å². The minimum atomic E-state index is -0.113. The van der Waals surface area contributed by atoms with E-state index in [-0.39, 0.29) is 17.8 Å². The third-order valence-electron chi connectivity index (χ3n) is 13.1. The van der Waals surface area contributed by atoms with Gasteiger partial charge >= 0.3 is 24.8 Å². The smallest absolute Gasteiger partial charge is 0.127 e. The van der Waals surface area contributed by atoms with Crippen molar-refractivity contribution in [3.8, 4) is 23.0 Å². The predicted octanol–water partition coefficient (Wildman–Crippen LogP) is 28.3. The van der Waals surface area contributed by atoms with Gasteiger partial charge in [-0.05, 0) is 287 Å². The topological polar surface area (TPSA) is 115 Å². The number of aromatic hydroxyl groups is 1. The van der Waals surface area contributed by atoms with Gasteiger partial charge < -0.3 is 48.2 Å². The Balaban J connectivity index is 0.000000611. The van der Waals surface area contributed by atoms with Crippen LogP contribution in [0, 0.1) is 34.6 Å². The number of halogens is 9. The maximum absolute atomic E-state index is 11.4. The molecule has 0 aliphatic rings. The van der Waals surface area contributed by atoms with Gasteiger partial charge in [-0.25, -0.2) is 0 Å². The van der Waals surface area contributed by atoms with E-state index in [9.17, 15) is 4.79 Å². The van der Waals surface area contributed by atoms with Crippen LogP contribution in [0.2, 0.25) is 0 Å². The van der Waals surface area contributed by atoms with Gasteiger partial charge in [-0.3, -0.25) is 4.79 Å². The summed E-state index contributed by atoms with van der Waals surface area (Å²) in [6.45, 7) is 20.8. The normalized spacial score (nSPS) is 9.98. The fourth-order valence-electron chi connectivity index (χ4n) is 7.95. The van der Waals surface area contributed by atoms with Crippen LogP contribution in [0.4, 0.5) is 4.79 Å². The van der Waals surface area contributed by atoms with Gasteiger partial charge in [0.15, 0.2) is 17.0 Å². The number of thioether (sulfide) groups is 2. The van der Waals surface area contributed by atoms with E-state index in [2.05, 4.69) is 244 Å². The average molecular weight is 2140 g/mol. The average Bonchev–Trinajstić information content (AvgIpc) is 1.69. The number of fused-ring (bicyclic) bond motifs is 2. The Bertz CT molecular complexity index is 4100. The standard InChI is InChI=1S/C13H19BrO2S.C12H10O.2C10H12BrNOS.C9H6Br2S.C9H7BrS.C7H7BrO.C6H13BrO2.C3H6ClNS.BHNS/c1-4-15-13(16-5-2)9-17-12-7-6-11(14)8-10(12)3;1-3-7-11(8-4-1)13-12-9-5-2-6-10-12;1-7-6-8(11)4-5-9(7)14-10(13)12(2)3;1-7-6-8(11)4-5-9(7)13-10(14)12(2)3;10-5-7-4-8(11)3-6-1-2-12-9(6)7;1-6-4-8(10)5-7-2-3-11-9(6)7;1-5-4-6(8)2-3-7(5)9;1-3-8-6(5-7)9-4-2;1-5(2)3(4)6;1-2-3/h6-8,13H,4-5,9H2,1-3H3;1-10H;2*4-6H,1-3H3;1-4H,5H2;2-5H,1H3;2-4,9H,1H3;6H,3-5H2,1-2H3;1-2H3;3H. The molecule has 1 N–H and O–H groups in total. The molecule has 0 atom stereocenters. The van der Waals surface area contributed by atoms with Crippen LogP contribution in [0.25, 0.3) is 20.2 Å². The molecule has 0 aliphatic heterocycles. The molecule has 0 saturated carbocycles. The van der Waals surface area contributed by atoms with Crippen molar-refractivity contribution in [3.63, 3.8) is 0 Å². The number of thiocarbonyl (C=S) groups is 2. The second-order valence-corrected chi connectivity index (χ2v) is 34.6. The van der Waals surface area contributed by atoms with Crippen LogP contribution in [0.5, 0.6) is 23.0 Å². The maximum atomic E-state index is 11.4. The summed E-state index contributed by atoms with van der Waals surface area (Å²) in [5.41, 5.74) is 7.04. The van der Waals surface area contributed by atoms with Crippen LogP contribution in [-0.4, -0.2) is 135 Å². The van der Waals surface area contributed by atoms with Gasteiger partial charge in [-0.2, -0.15) is 0 Å². The monoisotopic (exact) mass is 2130 g/mol. The molecular formula is C79H93BBr8ClN4O8S7. The number of benzene rings is 8. The maximum Gasteiger partial charge on any atom is 0.127 e. The number of aryl methyl sites for hydroxylation is 5. The number of amides is 1.